The number of aromatic nitrogens is 1. The summed E-state index contributed by atoms with van der Waals surface area (Å²) in [6.07, 6.45) is 1.50. The summed E-state index contributed by atoms with van der Waals surface area (Å²) in [4.78, 5) is 14.9. The Morgan fingerprint density at radius 3 is 2.17 bits per heavy atom. The summed E-state index contributed by atoms with van der Waals surface area (Å²) in [5, 5.41) is 7.86. The van der Waals surface area contributed by atoms with Crippen LogP contribution >= 0.6 is 12.6 Å². The van der Waals surface area contributed by atoms with Gasteiger partial charge in [-0.2, -0.15) is 12.6 Å². The van der Waals surface area contributed by atoms with Gasteiger partial charge in [-0.05, 0) is 23.3 Å². The monoisotopic (exact) mass is 341 g/mol. The average Bonchev–Trinajstić information content (AvgIpc) is 3.11. The molecule has 0 saturated heterocycles. The quantitative estimate of drug-likeness (QED) is 0.684. The normalized spacial score (nSPS) is 11.9. The summed E-state index contributed by atoms with van der Waals surface area (Å²) in [6.45, 7) is 0. The van der Waals surface area contributed by atoms with Gasteiger partial charge in [0.2, 0.25) is 5.89 Å². The first-order chi connectivity index (χ1) is 11.6. The lowest BCUT2D eigenvalue weighted by Gasteiger charge is -2.05. The van der Waals surface area contributed by atoms with Crippen LogP contribution in [0, 0.1) is 0 Å². The van der Waals surface area contributed by atoms with E-state index in [1.807, 2.05) is 48.5 Å². The van der Waals surface area contributed by atoms with Crippen LogP contribution < -0.4 is 4.74 Å². The maximum Gasteiger partial charge on any atom is 0.325 e. The predicted molar refractivity (Wildman–Crippen MR) is 93.3 cm³/mol. The van der Waals surface area contributed by atoms with Gasteiger partial charge in [0.05, 0.1) is 13.3 Å². The third-order valence-corrected chi connectivity index (χ3v) is 4.03. The van der Waals surface area contributed by atoms with Crippen LogP contribution in [-0.4, -0.2) is 23.2 Å². The van der Waals surface area contributed by atoms with Crippen molar-refractivity contribution >= 4 is 18.6 Å². The zero-order valence-electron chi connectivity index (χ0n) is 12.8. The number of carbonyl (C=O) groups is 1. The number of aliphatic carboxylic acids is 1. The number of oxazole rings is 1. The molecule has 0 aliphatic heterocycles. The van der Waals surface area contributed by atoms with Crippen LogP contribution in [0.1, 0.15) is 11.1 Å². The fourth-order valence-electron chi connectivity index (χ4n) is 2.26. The molecule has 122 valence electrons. The van der Waals surface area contributed by atoms with Crippen LogP contribution in [-0.2, 0) is 4.79 Å². The second-order valence-corrected chi connectivity index (χ2v) is 5.63. The van der Waals surface area contributed by atoms with Crippen molar-refractivity contribution in [2.45, 2.75) is 5.25 Å². The van der Waals surface area contributed by atoms with Gasteiger partial charge in [-0.1, -0.05) is 36.4 Å². The molecule has 1 unspecified atom stereocenters. The Kier molecular flexibility index (Phi) is 4.57. The van der Waals surface area contributed by atoms with Crippen molar-refractivity contribution in [2.24, 2.45) is 0 Å². The number of methoxy groups -OCH3 is 1. The third-order valence-electron chi connectivity index (χ3n) is 3.58. The number of rotatable bonds is 5. The molecule has 0 spiro atoms. The molecule has 1 atom stereocenters. The first-order valence-corrected chi connectivity index (χ1v) is 7.71. The summed E-state index contributed by atoms with van der Waals surface area (Å²) >= 11 is 3.95. The maximum absolute atomic E-state index is 10.9. The fraction of sp³-hybridized carbons (Fsp3) is 0.111. The lowest BCUT2D eigenvalue weighted by Crippen LogP contribution is -2.04. The van der Waals surface area contributed by atoms with Gasteiger partial charge in [-0.15, -0.1) is 0 Å². The average molecular weight is 341 g/mol. The first kappa shape index (κ1) is 16.1. The number of hydrogen-bond donors (Lipinski definition) is 2. The number of benzene rings is 2. The lowest BCUT2D eigenvalue weighted by atomic mass is 10.0. The molecule has 0 aliphatic rings. The highest BCUT2D eigenvalue weighted by Crippen LogP contribution is 2.28. The summed E-state index contributed by atoms with van der Waals surface area (Å²) in [5.74, 6) is 0.289. The van der Waals surface area contributed by atoms with Gasteiger partial charge in [0.1, 0.15) is 5.75 Å². The Hall–Kier alpha value is -2.73. The molecular formula is C18H15NO4S. The highest BCUT2D eigenvalue weighted by molar-refractivity contribution is 7.81. The second kappa shape index (κ2) is 6.80. The molecule has 0 saturated carbocycles. The van der Waals surface area contributed by atoms with E-state index in [1.54, 1.807) is 7.11 Å². The predicted octanol–water partition coefficient (Wildman–Crippen LogP) is 4.07. The van der Waals surface area contributed by atoms with Crippen molar-refractivity contribution in [2.75, 3.05) is 7.11 Å². The van der Waals surface area contributed by atoms with E-state index in [2.05, 4.69) is 17.6 Å². The molecule has 3 aromatic rings. The molecule has 0 fully saturated rings. The van der Waals surface area contributed by atoms with Crippen LogP contribution in [0.4, 0.5) is 0 Å². The Balaban J connectivity index is 1.82. The van der Waals surface area contributed by atoms with Crippen molar-refractivity contribution < 1.29 is 19.1 Å². The van der Waals surface area contributed by atoms with E-state index >= 15 is 0 Å². The summed E-state index contributed by atoms with van der Waals surface area (Å²) in [7, 11) is 1.63. The molecular weight excluding hydrogens is 326 g/mol. The summed E-state index contributed by atoms with van der Waals surface area (Å²) < 4.78 is 10.6. The van der Waals surface area contributed by atoms with Crippen LogP contribution in [0.2, 0.25) is 0 Å². The lowest BCUT2D eigenvalue weighted by molar-refractivity contribution is -0.136. The standard InChI is InChI=1S/C18H15NO4S/c1-22-14-8-6-12(7-9-14)11-2-4-13(5-3-11)15-10-19-17(23-15)16(24)18(20)21/h2-10,16,24H,1H3,(H,20,21). The number of thiol groups is 1. The van der Waals surface area contributed by atoms with Crippen LogP contribution in [0.3, 0.4) is 0 Å². The molecule has 0 amide bonds. The largest absolute Gasteiger partial charge is 0.497 e. The van der Waals surface area contributed by atoms with E-state index in [0.717, 1.165) is 22.4 Å². The van der Waals surface area contributed by atoms with E-state index in [1.165, 1.54) is 6.20 Å². The van der Waals surface area contributed by atoms with Gasteiger partial charge < -0.3 is 14.3 Å². The van der Waals surface area contributed by atoms with Crippen LogP contribution in [0.5, 0.6) is 5.75 Å². The molecule has 24 heavy (non-hydrogen) atoms. The highest BCUT2D eigenvalue weighted by atomic mass is 32.1. The molecule has 1 heterocycles. The molecule has 1 N–H and O–H groups in total. The topological polar surface area (TPSA) is 72.6 Å². The van der Waals surface area contributed by atoms with Gasteiger partial charge >= 0.3 is 5.97 Å². The van der Waals surface area contributed by atoms with Crippen molar-refractivity contribution in [1.29, 1.82) is 0 Å². The Morgan fingerprint density at radius 1 is 1.08 bits per heavy atom. The van der Waals surface area contributed by atoms with Gasteiger partial charge in [0, 0.05) is 5.56 Å². The smallest absolute Gasteiger partial charge is 0.325 e. The minimum atomic E-state index is -1.10. The van der Waals surface area contributed by atoms with Gasteiger partial charge in [0.15, 0.2) is 11.0 Å². The number of nitrogens with zero attached hydrogens (tertiary/aromatic N) is 1. The van der Waals surface area contributed by atoms with E-state index in [4.69, 9.17) is 14.3 Å². The molecule has 0 bridgehead atoms. The zero-order valence-corrected chi connectivity index (χ0v) is 13.7. The van der Waals surface area contributed by atoms with Crippen molar-refractivity contribution in [3.63, 3.8) is 0 Å². The summed E-state index contributed by atoms with van der Waals surface area (Å²) in [6, 6.07) is 15.5. The molecule has 1 aromatic heterocycles. The maximum atomic E-state index is 10.9. The second-order valence-electron chi connectivity index (χ2n) is 5.11. The highest BCUT2D eigenvalue weighted by Gasteiger charge is 2.21. The number of carboxylic acids is 1. The number of ether oxygens (including phenoxy) is 1. The van der Waals surface area contributed by atoms with Crippen LogP contribution in [0.25, 0.3) is 22.5 Å². The number of carboxylic acid groups (broad SMARTS) is 1. The summed E-state index contributed by atoms with van der Waals surface area (Å²) in [5.41, 5.74) is 2.94. The molecule has 0 radical (unpaired) electrons. The van der Waals surface area contributed by atoms with Crippen molar-refractivity contribution in [3.05, 3.63) is 60.6 Å². The zero-order chi connectivity index (χ0) is 17.1. The van der Waals surface area contributed by atoms with E-state index < -0.39 is 11.2 Å². The van der Waals surface area contributed by atoms with Gasteiger partial charge in [-0.25, -0.2) is 4.98 Å². The van der Waals surface area contributed by atoms with Crippen molar-refractivity contribution in [3.8, 4) is 28.2 Å². The fourth-order valence-corrected chi connectivity index (χ4v) is 2.38. The first-order valence-electron chi connectivity index (χ1n) is 7.20. The van der Waals surface area contributed by atoms with E-state index in [-0.39, 0.29) is 5.89 Å². The Morgan fingerprint density at radius 2 is 1.62 bits per heavy atom. The molecule has 5 nitrogen and oxygen atoms in total. The number of hydrogen-bond acceptors (Lipinski definition) is 5. The minimum Gasteiger partial charge on any atom is -0.497 e. The van der Waals surface area contributed by atoms with Gasteiger partial charge in [0.25, 0.3) is 0 Å². The van der Waals surface area contributed by atoms with Crippen molar-refractivity contribution in [1.82, 2.24) is 4.98 Å². The SMILES string of the molecule is COc1ccc(-c2ccc(-c3cnc(C(S)C(=O)O)o3)cc2)cc1. The third kappa shape index (κ3) is 3.28. The molecule has 2 aromatic carbocycles. The Labute approximate surface area is 144 Å². The van der Waals surface area contributed by atoms with Gasteiger partial charge in [-0.3, -0.25) is 4.79 Å². The molecule has 6 heteroatoms. The Bertz CT molecular complexity index is 840. The molecule has 3 rings (SSSR count). The van der Waals surface area contributed by atoms with Crippen LogP contribution in [0.15, 0.2) is 59.1 Å². The van der Waals surface area contributed by atoms with E-state index in [9.17, 15) is 4.79 Å². The molecule has 0 aliphatic carbocycles. The van der Waals surface area contributed by atoms with E-state index in [0.29, 0.717) is 5.76 Å². The minimum absolute atomic E-state index is 0.0695.